The van der Waals surface area contributed by atoms with Crippen LogP contribution in [-0.4, -0.2) is 12.5 Å². The zero-order chi connectivity index (χ0) is 18.2. The van der Waals surface area contributed by atoms with E-state index in [0.29, 0.717) is 22.0 Å². The topological polar surface area (TPSA) is 45.4 Å². The van der Waals surface area contributed by atoms with E-state index in [2.05, 4.69) is 40.6 Å². The summed E-state index contributed by atoms with van der Waals surface area (Å²) >= 11 is 11.3. The summed E-state index contributed by atoms with van der Waals surface area (Å²) in [5.41, 5.74) is 2.83. The van der Waals surface area contributed by atoms with Crippen molar-refractivity contribution in [3.63, 3.8) is 0 Å². The Morgan fingerprint density at radius 2 is 2.24 bits per heavy atom. The number of para-hydroxylation sites is 1. The van der Waals surface area contributed by atoms with Crippen LogP contribution >= 0.6 is 39.3 Å². The summed E-state index contributed by atoms with van der Waals surface area (Å²) in [5.74, 6) is 1.46. The summed E-state index contributed by atoms with van der Waals surface area (Å²) in [6.45, 7) is 5.94. The zero-order valence-corrected chi connectivity index (χ0v) is 16.8. The van der Waals surface area contributed by atoms with Crippen molar-refractivity contribution in [3.05, 3.63) is 68.0 Å². The molecule has 0 radical (unpaired) electrons. The van der Waals surface area contributed by atoms with Crippen LogP contribution in [0.4, 0.5) is 0 Å². The van der Waals surface area contributed by atoms with E-state index in [1.165, 1.54) is 0 Å². The average Bonchev–Trinajstić information content (AvgIpc) is 2.62. The van der Waals surface area contributed by atoms with Crippen molar-refractivity contribution in [1.29, 1.82) is 5.26 Å². The van der Waals surface area contributed by atoms with Gasteiger partial charge in [-0.25, -0.2) is 0 Å². The van der Waals surface area contributed by atoms with Crippen LogP contribution in [0.5, 0.6) is 5.75 Å². The lowest BCUT2D eigenvalue weighted by atomic mass is 10.1. The first kappa shape index (κ1) is 19.6. The summed E-state index contributed by atoms with van der Waals surface area (Å²) in [6, 6.07) is 13.2. The highest BCUT2D eigenvalue weighted by Crippen LogP contribution is 2.35. The van der Waals surface area contributed by atoms with Crippen molar-refractivity contribution in [3.8, 4) is 11.8 Å². The Morgan fingerprint density at radius 3 is 2.92 bits per heavy atom. The highest BCUT2D eigenvalue weighted by molar-refractivity contribution is 9.10. The average molecular weight is 436 g/mol. The number of hydrogen-bond donors (Lipinski definition) is 0. The van der Waals surface area contributed by atoms with Gasteiger partial charge in [0.2, 0.25) is 0 Å². The highest BCUT2D eigenvalue weighted by Gasteiger charge is 2.13. The summed E-state index contributed by atoms with van der Waals surface area (Å²) < 4.78 is 6.81. The summed E-state index contributed by atoms with van der Waals surface area (Å²) in [6.07, 6.45) is 0. The third-order valence-corrected chi connectivity index (χ3v) is 4.85. The van der Waals surface area contributed by atoms with Gasteiger partial charge in [-0.2, -0.15) is 5.26 Å². The van der Waals surface area contributed by atoms with Crippen LogP contribution in [-0.2, 0) is 6.61 Å². The number of rotatable bonds is 7. The highest BCUT2D eigenvalue weighted by atomic mass is 79.9. The molecule has 6 heteroatoms. The SMILES string of the molecule is C=N/C(=C\SCC)c1cccc(Cl)c1OCc1ccc(Br)cc1C#N. The quantitative estimate of drug-likeness (QED) is 0.479. The molecule has 25 heavy (non-hydrogen) atoms. The van der Waals surface area contributed by atoms with Crippen LogP contribution in [0.1, 0.15) is 23.6 Å². The molecule has 128 valence electrons. The number of thioether (sulfide) groups is 1. The molecule has 2 aromatic carbocycles. The molecule has 0 amide bonds. The second-order valence-corrected chi connectivity index (χ2v) is 7.40. The summed E-state index contributed by atoms with van der Waals surface area (Å²) in [4.78, 5) is 4.09. The molecule has 0 aliphatic rings. The molecule has 0 atom stereocenters. The molecule has 0 aliphatic heterocycles. The fourth-order valence-corrected chi connectivity index (χ4v) is 3.25. The van der Waals surface area contributed by atoms with Gasteiger partial charge < -0.3 is 4.74 Å². The number of nitrogens with zero attached hydrogens (tertiary/aromatic N) is 2. The first-order valence-electron chi connectivity index (χ1n) is 7.49. The van der Waals surface area contributed by atoms with E-state index in [-0.39, 0.29) is 6.61 Å². The van der Waals surface area contributed by atoms with Gasteiger partial charge in [0.1, 0.15) is 12.4 Å². The Morgan fingerprint density at radius 1 is 1.44 bits per heavy atom. The first-order chi connectivity index (χ1) is 12.1. The van der Waals surface area contributed by atoms with Gasteiger partial charge in [0, 0.05) is 15.6 Å². The molecule has 2 aromatic rings. The Hall–Kier alpha value is -1.74. The maximum absolute atomic E-state index is 9.29. The Kier molecular flexibility index (Phi) is 7.57. The minimum absolute atomic E-state index is 0.234. The molecule has 0 saturated carbocycles. The van der Waals surface area contributed by atoms with Gasteiger partial charge in [-0.3, -0.25) is 4.99 Å². The molecule has 3 nitrogen and oxygen atoms in total. The third-order valence-electron chi connectivity index (χ3n) is 3.34. The monoisotopic (exact) mass is 434 g/mol. The third kappa shape index (κ3) is 5.12. The van der Waals surface area contributed by atoms with E-state index in [9.17, 15) is 5.26 Å². The van der Waals surface area contributed by atoms with Crippen LogP contribution in [0, 0.1) is 11.3 Å². The number of aliphatic imine (C=N–C) groups is 1. The number of hydrogen-bond acceptors (Lipinski definition) is 4. The molecule has 0 unspecified atom stereocenters. The number of benzene rings is 2. The van der Waals surface area contributed by atoms with Crippen molar-refractivity contribution in [2.75, 3.05) is 5.75 Å². The molecule has 2 rings (SSSR count). The number of ether oxygens (including phenoxy) is 1. The fourth-order valence-electron chi connectivity index (χ4n) is 2.13. The zero-order valence-electron chi connectivity index (χ0n) is 13.6. The van der Waals surface area contributed by atoms with Crippen molar-refractivity contribution in [2.24, 2.45) is 4.99 Å². The summed E-state index contributed by atoms with van der Waals surface area (Å²) in [5, 5.41) is 11.7. The van der Waals surface area contributed by atoms with Gasteiger partial charge in [-0.1, -0.05) is 46.6 Å². The van der Waals surface area contributed by atoms with Crippen molar-refractivity contribution >= 4 is 51.7 Å². The molecule has 0 aromatic heterocycles. The van der Waals surface area contributed by atoms with E-state index in [0.717, 1.165) is 21.4 Å². The van der Waals surface area contributed by atoms with Gasteiger partial charge in [0.25, 0.3) is 0 Å². The predicted octanol–water partition coefficient (Wildman–Crippen LogP) is 6.31. The molecule has 0 saturated heterocycles. The predicted molar refractivity (Wildman–Crippen MR) is 110 cm³/mol. The van der Waals surface area contributed by atoms with E-state index >= 15 is 0 Å². The van der Waals surface area contributed by atoms with Crippen LogP contribution in [0.2, 0.25) is 5.02 Å². The van der Waals surface area contributed by atoms with E-state index in [4.69, 9.17) is 16.3 Å². The lowest BCUT2D eigenvalue weighted by Crippen LogP contribution is -2.01. The van der Waals surface area contributed by atoms with Crippen LogP contribution in [0.15, 0.2) is 51.3 Å². The molecular weight excluding hydrogens is 420 g/mol. The number of halogens is 2. The molecular formula is C19H16BrClN2OS. The standard InChI is InChI=1S/C19H16BrClN2OS/c1-3-25-12-18(23-2)16-5-4-6-17(21)19(16)24-11-13-7-8-15(20)9-14(13)10-22/h4-9,12H,2-3,11H2,1H3/b18-12-. The van der Waals surface area contributed by atoms with Gasteiger partial charge in [-0.05, 0) is 42.1 Å². The van der Waals surface area contributed by atoms with Gasteiger partial charge in [-0.15, -0.1) is 11.8 Å². The van der Waals surface area contributed by atoms with Crippen LogP contribution in [0.3, 0.4) is 0 Å². The Bertz CT molecular complexity index is 846. The molecule has 0 bridgehead atoms. The molecule has 0 N–H and O–H groups in total. The lowest BCUT2D eigenvalue weighted by Gasteiger charge is -2.14. The lowest BCUT2D eigenvalue weighted by molar-refractivity contribution is 0.305. The molecule has 0 fully saturated rings. The van der Waals surface area contributed by atoms with Crippen LogP contribution < -0.4 is 4.74 Å². The molecule has 0 spiro atoms. The van der Waals surface area contributed by atoms with Crippen molar-refractivity contribution in [2.45, 2.75) is 13.5 Å². The Labute approximate surface area is 165 Å². The maximum Gasteiger partial charge on any atom is 0.147 e. The largest absolute Gasteiger partial charge is 0.487 e. The van der Waals surface area contributed by atoms with E-state index < -0.39 is 0 Å². The minimum atomic E-state index is 0.234. The number of nitriles is 1. The first-order valence-corrected chi connectivity index (χ1v) is 9.71. The van der Waals surface area contributed by atoms with E-state index in [1.54, 1.807) is 23.9 Å². The molecule has 0 aliphatic carbocycles. The smallest absolute Gasteiger partial charge is 0.147 e. The molecule has 0 heterocycles. The van der Waals surface area contributed by atoms with Gasteiger partial charge >= 0.3 is 0 Å². The van der Waals surface area contributed by atoms with Gasteiger partial charge in [0.05, 0.1) is 22.4 Å². The fraction of sp³-hybridized carbons (Fsp3) is 0.158. The Balaban J connectivity index is 2.34. The van der Waals surface area contributed by atoms with E-state index in [1.807, 2.05) is 29.7 Å². The second-order valence-electron chi connectivity index (χ2n) is 4.94. The van der Waals surface area contributed by atoms with Crippen molar-refractivity contribution in [1.82, 2.24) is 0 Å². The van der Waals surface area contributed by atoms with Crippen molar-refractivity contribution < 1.29 is 4.74 Å². The normalized spacial score (nSPS) is 11.0. The van der Waals surface area contributed by atoms with Gasteiger partial charge in [0.15, 0.2) is 0 Å². The van der Waals surface area contributed by atoms with Crippen LogP contribution in [0.25, 0.3) is 5.70 Å². The summed E-state index contributed by atoms with van der Waals surface area (Å²) in [7, 11) is 0. The maximum atomic E-state index is 9.29. The minimum Gasteiger partial charge on any atom is -0.487 e. The second kappa shape index (κ2) is 9.67.